The molecule has 2 saturated heterocycles. The lowest BCUT2D eigenvalue weighted by Crippen LogP contribution is -2.73. The zero-order chi connectivity index (χ0) is 42.6. The molecule has 2 fully saturated rings. The molecule has 1 unspecified atom stereocenters. The number of amides is 4. The zero-order valence-electron chi connectivity index (χ0n) is 35.9. The van der Waals surface area contributed by atoms with Gasteiger partial charge in [-0.05, 0) is 136 Å². The number of rotatable bonds is 17. The van der Waals surface area contributed by atoms with Crippen molar-refractivity contribution in [3.8, 4) is 0 Å². The molecule has 0 aromatic rings. The normalized spacial score (nSPS) is 21.1. The van der Waals surface area contributed by atoms with Crippen LogP contribution < -0.4 is 26.6 Å². The van der Waals surface area contributed by atoms with Crippen molar-refractivity contribution < 1.29 is 38.7 Å². The monoisotopic (exact) mass is 813 g/mol. The van der Waals surface area contributed by atoms with Crippen molar-refractivity contribution in [2.45, 2.75) is 205 Å². The van der Waals surface area contributed by atoms with Crippen LogP contribution in [0.25, 0.3) is 0 Å². The third-order valence-electron chi connectivity index (χ3n) is 9.95. The molecule has 5 N–H and O–H groups in total. The van der Waals surface area contributed by atoms with Crippen molar-refractivity contribution in [1.29, 1.82) is 0 Å². The molecule has 14 nitrogen and oxygen atoms in total. The van der Waals surface area contributed by atoms with Gasteiger partial charge in [-0.25, -0.2) is 0 Å². The number of Topliss-reactive ketones (excluding diaryl/α,β-unsaturated/α-hetero) is 1. The summed E-state index contributed by atoms with van der Waals surface area (Å²) in [6.07, 6.45) is 4.29. The van der Waals surface area contributed by atoms with Crippen LogP contribution in [0.3, 0.4) is 0 Å². The molecule has 2 aliphatic heterocycles. The molecule has 55 heavy (non-hydrogen) atoms. The fourth-order valence-electron chi connectivity index (χ4n) is 7.25. The van der Waals surface area contributed by atoms with Gasteiger partial charge in [-0.15, -0.1) is 10.3 Å². The maximum absolute atomic E-state index is 14.5. The third-order valence-corrected chi connectivity index (χ3v) is 13.0. The zero-order valence-corrected chi connectivity index (χ0v) is 37.6. The Bertz CT molecular complexity index is 1420. The molecule has 4 amide bonds. The lowest BCUT2D eigenvalue weighted by atomic mass is 9.67. The highest BCUT2D eigenvalue weighted by Gasteiger charge is 2.58. The first-order valence-electron chi connectivity index (χ1n) is 19.3. The summed E-state index contributed by atoms with van der Waals surface area (Å²) < 4.78 is 5.58. The molecule has 0 aromatic heterocycles. The average Bonchev–Trinajstić information content (AvgIpc) is 3.53. The number of carbonyl (C=O) groups excluding carboxylic acids is 6. The number of piperidine rings is 1. The van der Waals surface area contributed by atoms with Gasteiger partial charge in [0.25, 0.3) is 0 Å². The lowest BCUT2D eigenvalue weighted by molar-refractivity contribution is -0.296. The fourth-order valence-corrected chi connectivity index (χ4v) is 10.3. The van der Waals surface area contributed by atoms with Crippen LogP contribution in [0.2, 0.25) is 0 Å². The van der Waals surface area contributed by atoms with Gasteiger partial charge in [0.15, 0.2) is 5.78 Å². The maximum Gasteiger partial charge on any atom is 0.323 e. The summed E-state index contributed by atoms with van der Waals surface area (Å²) in [5.41, 5.74) is -8.57. The molecule has 0 spiro atoms. The second-order valence-corrected chi connectivity index (χ2v) is 22.0. The molecule has 0 bridgehead atoms. The van der Waals surface area contributed by atoms with Gasteiger partial charge in [0.05, 0.1) is 11.6 Å². The van der Waals surface area contributed by atoms with Gasteiger partial charge in [-0.2, -0.15) is 0 Å². The molecule has 2 heterocycles. The van der Waals surface area contributed by atoms with E-state index in [-0.39, 0.29) is 18.7 Å². The minimum atomic E-state index is -1.55. The lowest BCUT2D eigenvalue weighted by Gasteiger charge is -2.55. The van der Waals surface area contributed by atoms with Gasteiger partial charge >= 0.3 is 5.97 Å². The number of hydroxylamine groups is 2. The first-order chi connectivity index (χ1) is 24.8. The van der Waals surface area contributed by atoms with Crippen LogP contribution in [0, 0.1) is 0 Å². The largest absolute Gasteiger partial charge is 0.459 e. The van der Waals surface area contributed by atoms with Crippen LogP contribution in [0.5, 0.6) is 0 Å². The van der Waals surface area contributed by atoms with E-state index in [9.17, 15) is 34.0 Å². The van der Waals surface area contributed by atoms with Crippen molar-refractivity contribution >= 4 is 57.0 Å². The van der Waals surface area contributed by atoms with Gasteiger partial charge in [0, 0.05) is 28.5 Å². The van der Waals surface area contributed by atoms with Crippen molar-refractivity contribution in [1.82, 2.24) is 31.6 Å². The van der Waals surface area contributed by atoms with E-state index in [1.165, 1.54) is 41.0 Å². The Labute approximate surface area is 337 Å². The SMILES string of the molecule is C[C@H](NC1(C(=O)[C@H](C)NC(=O)C(C)(C)NC(=O)C(C)(C)NC(=O)C(C)(C)NC(=O)CCCCC2CCSS2)CC(C)(C)N([O])C(C)(C)C1)C(=O)OC(C)(C)C. The van der Waals surface area contributed by atoms with Gasteiger partial charge in [-0.3, -0.25) is 34.1 Å². The number of nitrogens with one attached hydrogen (secondary N) is 5. The van der Waals surface area contributed by atoms with Crippen molar-refractivity contribution in [3.05, 3.63) is 0 Å². The highest BCUT2D eigenvalue weighted by molar-refractivity contribution is 8.77. The van der Waals surface area contributed by atoms with E-state index in [0.717, 1.165) is 30.1 Å². The standard InChI is InChI=1S/C39H69N6O8S2/c1-24(28(47)39(41-25(2)29(48)53-33(3,4)5)22-34(6,7)45(52)35(8,9)23-39)40-30(49)36(10,11)43-32(51)38(14,15)44-31(50)37(12,13)42-27(46)19-17-16-18-26-20-21-54-55-26/h24-26,41H,16-23H2,1-15H3,(H,40,49)(H,42,46)(H,43,51)(H,44,50)/t24-,25-,26?/m0/s1. The van der Waals surface area contributed by atoms with E-state index in [4.69, 9.17) is 4.74 Å². The number of unbranched alkanes of at least 4 members (excludes halogenated alkanes) is 1. The van der Waals surface area contributed by atoms with Crippen LogP contribution >= 0.6 is 21.6 Å². The van der Waals surface area contributed by atoms with Crippen LogP contribution in [0.15, 0.2) is 0 Å². The minimum Gasteiger partial charge on any atom is -0.459 e. The molecule has 3 atom stereocenters. The number of ketones is 1. The Morgan fingerprint density at radius 1 is 0.745 bits per heavy atom. The first kappa shape index (κ1) is 48.7. The second kappa shape index (κ2) is 18.0. The highest BCUT2D eigenvalue weighted by atomic mass is 33.1. The Balaban J connectivity index is 2.13. The number of ether oxygens (including phenoxy) is 1. The number of nitrogens with zero attached hydrogens (tertiary/aromatic N) is 1. The van der Waals surface area contributed by atoms with Crippen molar-refractivity contribution in [2.24, 2.45) is 0 Å². The quantitative estimate of drug-likeness (QED) is 0.0788. The van der Waals surface area contributed by atoms with Crippen LogP contribution in [0.1, 0.15) is 149 Å². The van der Waals surface area contributed by atoms with E-state index in [1.807, 2.05) is 21.6 Å². The number of hydrogen-bond donors (Lipinski definition) is 5. The Hall–Kier alpha value is -2.40. The highest BCUT2D eigenvalue weighted by Crippen LogP contribution is 2.44. The van der Waals surface area contributed by atoms with Crippen LogP contribution in [-0.2, 0) is 38.7 Å². The third kappa shape index (κ3) is 13.6. The first-order valence-corrected chi connectivity index (χ1v) is 21.7. The molecular formula is C39H69N6O8S2. The average molecular weight is 814 g/mol. The molecule has 0 aromatic carbocycles. The molecule has 2 aliphatic rings. The topological polar surface area (TPSA) is 195 Å². The molecule has 0 saturated carbocycles. The van der Waals surface area contributed by atoms with Gasteiger partial charge in [0.1, 0.15) is 28.3 Å². The van der Waals surface area contributed by atoms with Gasteiger partial charge < -0.3 is 26.0 Å². The Kier molecular flexibility index (Phi) is 16.0. The second-order valence-electron chi connectivity index (χ2n) is 19.2. The molecular weight excluding hydrogens is 745 g/mol. The predicted molar refractivity (Wildman–Crippen MR) is 217 cm³/mol. The molecule has 16 heteroatoms. The fraction of sp³-hybridized carbons (Fsp3) is 0.846. The summed E-state index contributed by atoms with van der Waals surface area (Å²) in [5.74, 6) is -1.99. The van der Waals surface area contributed by atoms with Crippen LogP contribution in [-0.4, -0.2) is 102 Å². The summed E-state index contributed by atoms with van der Waals surface area (Å²) in [6.45, 7) is 24.4. The summed E-state index contributed by atoms with van der Waals surface area (Å²) in [5, 5.41) is 29.1. The summed E-state index contributed by atoms with van der Waals surface area (Å²) in [4.78, 5) is 80.9. The molecule has 0 aliphatic carbocycles. The Morgan fingerprint density at radius 2 is 1.24 bits per heavy atom. The molecule has 2 rings (SSSR count). The van der Waals surface area contributed by atoms with Crippen molar-refractivity contribution in [2.75, 3.05) is 5.75 Å². The van der Waals surface area contributed by atoms with E-state index in [0.29, 0.717) is 11.7 Å². The minimum absolute atomic E-state index is 0.0445. The number of esters is 1. The van der Waals surface area contributed by atoms with Gasteiger partial charge in [-0.1, -0.05) is 28.0 Å². The van der Waals surface area contributed by atoms with Gasteiger partial charge in [0.2, 0.25) is 23.6 Å². The van der Waals surface area contributed by atoms with Crippen LogP contribution in [0.4, 0.5) is 0 Å². The summed E-state index contributed by atoms with van der Waals surface area (Å²) in [7, 11) is 3.80. The Morgan fingerprint density at radius 3 is 1.71 bits per heavy atom. The van der Waals surface area contributed by atoms with Crippen molar-refractivity contribution in [3.63, 3.8) is 0 Å². The van der Waals surface area contributed by atoms with E-state index < -0.39 is 80.4 Å². The summed E-state index contributed by atoms with van der Waals surface area (Å²) >= 11 is 0. The van der Waals surface area contributed by atoms with E-state index >= 15 is 0 Å². The number of carbonyl (C=O) groups is 6. The summed E-state index contributed by atoms with van der Waals surface area (Å²) in [6, 6.07) is -2.03. The number of hydrogen-bond acceptors (Lipinski definition) is 11. The van der Waals surface area contributed by atoms with E-state index in [1.54, 1.807) is 69.2 Å². The smallest absolute Gasteiger partial charge is 0.323 e. The maximum atomic E-state index is 14.5. The molecule has 1 radical (unpaired) electrons. The predicted octanol–water partition coefficient (Wildman–Crippen LogP) is 4.52. The molecule has 315 valence electrons. The van der Waals surface area contributed by atoms with E-state index in [2.05, 4.69) is 26.6 Å².